The SMILES string of the molecule is CC[C@H](C)[C@H](NC(=O)c1ccccc1)C(=O)O[C@H](C)C(=O)NCCOC. The number of nitrogens with one attached hydrogen (secondary N) is 2. The van der Waals surface area contributed by atoms with E-state index in [4.69, 9.17) is 9.47 Å². The molecule has 1 aromatic carbocycles. The summed E-state index contributed by atoms with van der Waals surface area (Å²) in [6.45, 7) is 5.96. The Hall–Kier alpha value is -2.41. The van der Waals surface area contributed by atoms with Gasteiger partial charge in [0.25, 0.3) is 11.8 Å². The Kier molecular flexibility index (Phi) is 9.36. The molecular formula is C19H28N2O5. The maximum atomic E-state index is 12.5. The highest BCUT2D eigenvalue weighted by Gasteiger charge is 2.30. The first-order chi connectivity index (χ1) is 12.4. The van der Waals surface area contributed by atoms with Gasteiger partial charge in [-0.15, -0.1) is 0 Å². The summed E-state index contributed by atoms with van der Waals surface area (Å²) in [5.41, 5.74) is 0.457. The molecule has 1 aromatic rings. The van der Waals surface area contributed by atoms with E-state index in [9.17, 15) is 14.4 Å². The summed E-state index contributed by atoms with van der Waals surface area (Å²) >= 11 is 0. The molecule has 0 saturated carbocycles. The lowest BCUT2D eigenvalue weighted by Crippen LogP contribution is -2.48. The minimum Gasteiger partial charge on any atom is -0.451 e. The fraction of sp³-hybridized carbons (Fsp3) is 0.526. The molecule has 0 aromatic heterocycles. The highest BCUT2D eigenvalue weighted by Crippen LogP contribution is 2.12. The van der Waals surface area contributed by atoms with E-state index in [0.717, 1.165) is 0 Å². The van der Waals surface area contributed by atoms with Crippen LogP contribution in [0.3, 0.4) is 0 Å². The maximum Gasteiger partial charge on any atom is 0.329 e. The largest absolute Gasteiger partial charge is 0.451 e. The van der Waals surface area contributed by atoms with Gasteiger partial charge in [-0.05, 0) is 25.0 Å². The number of amides is 2. The molecule has 2 amide bonds. The number of hydrogen-bond acceptors (Lipinski definition) is 5. The number of esters is 1. The molecule has 0 aliphatic carbocycles. The Bertz CT molecular complexity index is 591. The van der Waals surface area contributed by atoms with Gasteiger partial charge in [-0.1, -0.05) is 38.5 Å². The van der Waals surface area contributed by atoms with Crippen molar-refractivity contribution in [2.75, 3.05) is 20.3 Å². The average molecular weight is 364 g/mol. The summed E-state index contributed by atoms with van der Waals surface area (Å²) < 4.78 is 10.1. The van der Waals surface area contributed by atoms with Crippen molar-refractivity contribution in [1.82, 2.24) is 10.6 Å². The van der Waals surface area contributed by atoms with Gasteiger partial charge in [-0.3, -0.25) is 9.59 Å². The molecule has 0 unspecified atom stereocenters. The van der Waals surface area contributed by atoms with Gasteiger partial charge in [0.2, 0.25) is 0 Å². The van der Waals surface area contributed by atoms with E-state index in [-0.39, 0.29) is 11.8 Å². The predicted octanol–water partition coefficient (Wildman–Crippen LogP) is 1.53. The Morgan fingerprint density at radius 2 is 1.77 bits per heavy atom. The summed E-state index contributed by atoms with van der Waals surface area (Å²) in [4.78, 5) is 36.8. The molecule has 0 heterocycles. The van der Waals surface area contributed by atoms with Crippen LogP contribution in [0.4, 0.5) is 0 Å². The lowest BCUT2D eigenvalue weighted by atomic mass is 9.98. The second-order valence-corrected chi connectivity index (χ2v) is 6.07. The third-order valence-electron chi connectivity index (χ3n) is 4.06. The van der Waals surface area contributed by atoms with Crippen molar-refractivity contribution >= 4 is 17.8 Å². The second-order valence-electron chi connectivity index (χ2n) is 6.07. The van der Waals surface area contributed by atoms with Gasteiger partial charge in [0.1, 0.15) is 6.04 Å². The fourth-order valence-electron chi connectivity index (χ4n) is 2.20. The number of ether oxygens (including phenoxy) is 2. The number of rotatable bonds is 10. The zero-order chi connectivity index (χ0) is 19.5. The second kappa shape index (κ2) is 11.3. The van der Waals surface area contributed by atoms with Crippen LogP contribution in [0.5, 0.6) is 0 Å². The van der Waals surface area contributed by atoms with Crippen LogP contribution in [-0.4, -0.2) is 50.2 Å². The normalized spacial score (nSPS) is 14.0. The summed E-state index contributed by atoms with van der Waals surface area (Å²) in [5.74, 6) is -1.53. The highest BCUT2D eigenvalue weighted by atomic mass is 16.5. The van der Waals surface area contributed by atoms with E-state index < -0.39 is 24.0 Å². The third-order valence-corrected chi connectivity index (χ3v) is 4.06. The molecule has 3 atom stereocenters. The summed E-state index contributed by atoms with van der Waals surface area (Å²) in [6, 6.07) is 7.80. The zero-order valence-electron chi connectivity index (χ0n) is 15.8. The van der Waals surface area contributed by atoms with Crippen molar-refractivity contribution in [3.8, 4) is 0 Å². The van der Waals surface area contributed by atoms with Gasteiger partial charge in [0, 0.05) is 19.2 Å². The van der Waals surface area contributed by atoms with Crippen LogP contribution < -0.4 is 10.6 Å². The van der Waals surface area contributed by atoms with E-state index in [1.807, 2.05) is 13.8 Å². The van der Waals surface area contributed by atoms with Crippen LogP contribution in [0.1, 0.15) is 37.6 Å². The van der Waals surface area contributed by atoms with E-state index in [2.05, 4.69) is 10.6 Å². The van der Waals surface area contributed by atoms with Gasteiger partial charge in [0.05, 0.1) is 6.61 Å². The quantitative estimate of drug-likeness (QED) is 0.485. The number of benzene rings is 1. The lowest BCUT2D eigenvalue weighted by Gasteiger charge is -2.24. The first-order valence-corrected chi connectivity index (χ1v) is 8.73. The molecule has 144 valence electrons. The Balaban J connectivity index is 2.71. The number of carbonyl (C=O) groups excluding carboxylic acids is 3. The first-order valence-electron chi connectivity index (χ1n) is 8.73. The van der Waals surface area contributed by atoms with Crippen LogP contribution in [0, 0.1) is 5.92 Å². The van der Waals surface area contributed by atoms with Crippen LogP contribution in [0.25, 0.3) is 0 Å². The van der Waals surface area contributed by atoms with Crippen LogP contribution >= 0.6 is 0 Å². The molecule has 0 radical (unpaired) electrons. The Morgan fingerprint density at radius 1 is 1.12 bits per heavy atom. The van der Waals surface area contributed by atoms with Crippen molar-refractivity contribution in [2.45, 2.75) is 39.3 Å². The molecule has 0 spiro atoms. The van der Waals surface area contributed by atoms with Crippen LogP contribution in [-0.2, 0) is 19.1 Å². The fourth-order valence-corrected chi connectivity index (χ4v) is 2.20. The molecule has 7 nitrogen and oxygen atoms in total. The third kappa shape index (κ3) is 6.84. The summed E-state index contributed by atoms with van der Waals surface area (Å²) in [7, 11) is 1.53. The van der Waals surface area contributed by atoms with Gasteiger partial charge in [0.15, 0.2) is 6.10 Å². The van der Waals surface area contributed by atoms with Gasteiger partial charge < -0.3 is 20.1 Å². The topological polar surface area (TPSA) is 93.7 Å². The number of hydrogen-bond donors (Lipinski definition) is 2. The van der Waals surface area contributed by atoms with Crippen molar-refractivity contribution in [3.05, 3.63) is 35.9 Å². The van der Waals surface area contributed by atoms with Gasteiger partial charge >= 0.3 is 5.97 Å². The van der Waals surface area contributed by atoms with E-state index in [1.165, 1.54) is 14.0 Å². The highest BCUT2D eigenvalue weighted by molar-refractivity contribution is 5.97. The van der Waals surface area contributed by atoms with E-state index in [1.54, 1.807) is 30.3 Å². The molecule has 0 aliphatic heterocycles. The first kappa shape index (κ1) is 21.6. The van der Waals surface area contributed by atoms with Crippen molar-refractivity contribution < 1.29 is 23.9 Å². The van der Waals surface area contributed by atoms with Gasteiger partial charge in [-0.25, -0.2) is 4.79 Å². The molecule has 0 saturated heterocycles. The number of methoxy groups -OCH3 is 1. The standard InChI is InChI=1S/C19H28N2O5/c1-5-13(2)16(21-18(23)15-9-7-6-8-10-15)19(24)26-14(3)17(22)20-11-12-25-4/h6-10,13-14,16H,5,11-12H2,1-4H3,(H,20,22)(H,21,23)/t13-,14+,16-/m0/s1. The predicted molar refractivity (Wildman–Crippen MR) is 97.6 cm³/mol. The summed E-state index contributed by atoms with van der Waals surface area (Å²) in [5, 5.41) is 5.32. The molecule has 1 rings (SSSR count). The van der Waals surface area contributed by atoms with Crippen LogP contribution in [0.15, 0.2) is 30.3 Å². The van der Waals surface area contributed by atoms with Crippen molar-refractivity contribution in [3.63, 3.8) is 0 Å². The van der Waals surface area contributed by atoms with Gasteiger partial charge in [-0.2, -0.15) is 0 Å². The average Bonchev–Trinajstić information content (AvgIpc) is 2.65. The minimum absolute atomic E-state index is 0.140. The van der Waals surface area contributed by atoms with Crippen molar-refractivity contribution in [1.29, 1.82) is 0 Å². The Morgan fingerprint density at radius 3 is 2.35 bits per heavy atom. The van der Waals surface area contributed by atoms with Crippen LogP contribution in [0.2, 0.25) is 0 Å². The molecule has 0 aliphatic rings. The molecule has 0 fully saturated rings. The molecule has 0 bridgehead atoms. The monoisotopic (exact) mass is 364 g/mol. The molecule has 7 heteroatoms. The molecule has 2 N–H and O–H groups in total. The Labute approximate surface area is 154 Å². The smallest absolute Gasteiger partial charge is 0.329 e. The lowest BCUT2D eigenvalue weighted by molar-refractivity contribution is -0.157. The van der Waals surface area contributed by atoms with E-state index >= 15 is 0 Å². The summed E-state index contributed by atoms with van der Waals surface area (Å²) in [6.07, 6.45) is -0.289. The minimum atomic E-state index is -0.959. The van der Waals surface area contributed by atoms with Crippen molar-refractivity contribution in [2.24, 2.45) is 5.92 Å². The number of carbonyl (C=O) groups is 3. The zero-order valence-corrected chi connectivity index (χ0v) is 15.8. The molecule has 26 heavy (non-hydrogen) atoms. The van der Waals surface area contributed by atoms with E-state index in [0.29, 0.717) is 25.1 Å². The maximum absolute atomic E-state index is 12.5. The molecular weight excluding hydrogens is 336 g/mol.